The van der Waals surface area contributed by atoms with E-state index in [2.05, 4.69) is 5.10 Å². The van der Waals surface area contributed by atoms with Gasteiger partial charge in [-0.25, -0.2) is 4.79 Å². The number of carbonyl (C=O) groups is 1. The van der Waals surface area contributed by atoms with Crippen molar-refractivity contribution in [2.24, 2.45) is 0 Å². The Balaban J connectivity index is 2.39. The van der Waals surface area contributed by atoms with Gasteiger partial charge in [-0.05, 0) is 19.9 Å². The first kappa shape index (κ1) is 12.8. The summed E-state index contributed by atoms with van der Waals surface area (Å²) in [5.74, 6) is -0.909. The van der Waals surface area contributed by atoms with Crippen LogP contribution in [0.4, 0.5) is 5.69 Å². The number of hydrogen-bond donors (Lipinski definition) is 1. The van der Waals surface area contributed by atoms with Gasteiger partial charge in [0.1, 0.15) is 29.3 Å². The maximum atomic E-state index is 10.9. The molecular formula is C11H11N3O5. The zero-order chi connectivity index (χ0) is 14.2. The summed E-state index contributed by atoms with van der Waals surface area (Å²) in [5, 5.41) is 23.8. The van der Waals surface area contributed by atoms with Gasteiger partial charge in [0.15, 0.2) is 0 Å². The number of carboxylic acids is 1. The van der Waals surface area contributed by atoms with Crippen molar-refractivity contribution in [1.29, 1.82) is 0 Å². The SMILES string of the molecule is Cc1nn(Cc2occc2C(=O)O)c(C)c1[N+](=O)[O-]. The van der Waals surface area contributed by atoms with E-state index in [1.165, 1.54) is 23.9 Å². The van der Waals surface area contributed by atoms with Gasteiger partial charge in [-0.3, -0.25) is 14.8 Å². The highest BCUT2D eigenvalue weighted by molar-refractivity contribution is 5.88. The van der Waals surface area contributed by atoms with E-state index >= 15 is 0 Å². The molecule has 0 saturated heterocycles. The highest BCUT2D eigenvalue weighted by Crippen LogP contribution is 2.23. The van der Waals surface area contributed by atoms with Gasteiger partial charge in [0.05, 0.1) is 11.2 Å². The Bertz CT molecular complexity index is 655. The lowest BCUT2D eigenvalue weighted by Gasteiger charge is -2.02. The zero-order valence-corrected chi connectivity index (χ0v) is 10.3. The van der Waals surface area contributed by atoms with Crippen LogP contribution in [-0.4, -0.2) is 25.8 Å². The fourth-order valence-electron chi connectivity index (χ4n) is 1.90. The molecule has 0 spiro atoms. The average Bonchev–Trinajstić information content (AvgIpc) is 2.85. The standard InChI is InChI=1S/C11H11N3O5/c1-6-10(14(17)18)7(2)13(12-6)5-9-8(11(15)16)3-4-19-9/h3-4H,5H2,1-2H3,(H,15,16). The van der Waals surface area contributed by atoms with Gasteiger partial charge >= 0.3 is 11.7 Å². The van der Waals surface area contributed by atoms with Gasteiger partial charge in [0.2, 0.25) is 0 Å². The van der Waals surface area contributed by atoms with Gasteiger partial charge in [-0.2, -0.15) is 5.10 Å². The van der Waals surface area contributed by atoms with E-state index in [4.69, 9.17) is 9.52 Å². The molecule has 0 bridgehead atoms. The van der Waals surface area contributed by atoms with Gasteiger partial charge in [-0.15, -0.1) is 0 Å². The average molecular weight is 265 g/mol. The lowest BCUT2D eigenvalue weighted by atomic mass is 10.2. The molecule has 0 aromatic carbocycles. The summed E-state index contributed by atoms with van der Waals surface area (Å²) in [6.07, 6.45) is 1.26. The number of hydrogen-bond acceptors (Lipinski definition) is 5. The van der Waals surface area contributed by atoms with E-state index in [9.17, 15) is 14.9 Å². The molecule has 0 atom stereocenters. The Kier molecular flexibility index (Phi) is 3.07. The fourth-order valence-corrected chi connectivity index (χ4v) is 1.90. The normalized spacial score (nSPS) is 10.6. The highest BCUT2D eigenvalue weighted by atomic mass is 16.6. The van der Waals surface area contributed by atoms with E-state index in [0.717, 1.165) is 0 Å². The van der Waals surface area contributed by atoms with Crippen LogP contribution >= 0.6 is 0 Å². The molecule has 100 valence electrons. The number of nitrogens with zero attached hydrogens (tertiary/aromatic N) is 3. The lowest BCUT2D eigenvalue weighted by Crippen LogP contribution is -2.07. The van der Waals surface area contributed by atoms with Crippen LogP contribution in [0, 0.1) is 24.0 Å². The molecule has 19 heavy (non-hydrogen) atoms. The van der Waals surface area contributed by atoms with Crippen LogP contribution in [0.2, 0.25) is 0 Å². The second-order valence-electron chi connectivity index (χ2n) is 4.00. The smallest absolute Gasteiger partial charge is 0.339 e. The Labute approximate surface area is 107 Å². The minimum absolute atomic E-state index is 0.0233. The number of furan rings is 1. The predicted octanol–water partition coefficient (Wildman–Crippen LogP) is 1.75. The Hall–Kier alpha value is -2.64. The molecule has 0 saturated carbocycles. The lowest BCUT2D eigenvalue weighted by molar-refractivity contribution is -0.386. The van der Waals surface area contributed by atoms with Crippen LogP contribution in [0.1, 0.15) is 27.5 Å². The van der Waals surface area contributed by atoms with Crippen LogP contribution in [0.3, 0.4) is 0 Å². The molecule has 0 unspecified atom stereocenters. The fraction of sp³-hybridized carbons (Fsp3) is 0.273. The molecular weight excluding hydrogens is 254 g/mol. The van der Waals surface area contributed by atoms with Crippen molar-refractivity contribution in [3.05, 3.63) is 45.2 Å². The van der Waals surface area contributed by atoms with Crippen LogP contribution < -0.4 is 0 Å². The highest BCUT2D eigenvalue weighted by Gasteiger charge is 2.23. The first-order valence-corrected chi connectivity index (χ1v) is 5.40. The van der Waals surface area contributed by atoms with E-state index < -0.39 is 10.9 Å². The first-order chi connectivity index (χ1) is 8.91. The van der Waals surface area contributed by atoms with Crippen molar-refractivity contribution in [2.45, 2.75) is 20.4 Å². The summed E-state index contributed by atoms with van der Waals surface area (Å²) in [5.41, 5.74) is 0.597. The van der Waals surface area contributed by atoms with Gasteiger partial charge in [0.25, 0.3) is 0 Å². The van der Waals surface area contributed by atoms with Gasteiger partial charge in [0, 0.05) is 0 Å². The third-order valence-corrected chi connectivity index (χ3v) is 2.80. The third kappa shape index (κ3) is 2.19. The summed E-state index contributed by atoms with van der Waals surface area (Å²) in [6.45, 7) is 3.12. The van der Waals surface area contributed by atoms with Crippen LogP contribution in [0.15, 0.2) is 16.7 Å². The Morgan fingerprint density at radius 3 is 2.79 bits per heavy atom. The van der Waals surface area contributed by atoms with Crippen molar-refractivity contribution in [3.8, 4) is 0 Å². The number of aromatic nitrogens is 2. The van der Waals surface area contributed by atoms with Crippen LogP contribution in [0.25, 0.3) is 0 Å². The first-order valence-electron chi connectivity index (χ1n) is 5.40. The monoisotopic (exact) mass is 265 g/mol. The molecule has 8 heteroatoms. The molecule has 0 radical (unpaired) electrons. The van der Waals surface area contributed by atoms with E-state index in [1.54, 1.807) is 6.92 Å². The third-order valence-electron chi connectivity index (χ3n) is 2.80. The molecule has 2 aromatic rings. The maximum absolute atomic E-state index is 10.9. The van der Waals surface area contributed by atoms with Gasteiger partial charge < -0.3 is 9.52 Å². The van der Waals surface area contributed by atoms with Crippen LogP contribution in [0.5, 0.6) is 0 Å². The van der Waals surface area contributed by atoms with Crippen molar-refractivity contribution < 1.29 is 19.2 Å². The molecule has 2 rings (SSSR count). The molecule has 0 fully saturated rings. The topological polar surface area (TPSA) is 111 Å². The molecule has 2 heterocycles. The van der Waals surface area contributed by atoms with Crippen molar-refractivity contribution >= 4 is 11.7 Å². The minimum Gasteiger partial charge on any atom is -0.478 e. The van der Waals surface area contributed by atoms with E-state index in [0.29, 0.717) is 5.69 Å². The predicted molar refractivity (Wildman–Crippen MR) is 63.1 cm³/mol. The summed E-state index contributed by atoms with van der Waals surface area (Å²) >= 11 is 0. The Morgan fingerprint density at radius 2 is 2.26 bits per heavy atom. The zero-order valence-electron chi connectivity index (χ0n) is 10.3. The van der Waals surface area contributed by atoms with Crippen LogP contribution in [-0.2, 0) is 6.54 Å². The number of aromatic carboxylic acids is 1. The molecule has 0 amide bonds. The summed E-state index contributed by atoms with van der Waals surface area (Å²) < 4.78 is 6.44. The van der Waals surface area contributed by atoms with E-state index in [1.807, 2.05) is 0 Å². The summed E-state index contributed by atoms with van der Waals surface area (Å²) in [6, 6.07) is 1.33. The quantitative estimate of drug-likeness (QED) is 0.665. The number of nitro groups is 1. The molecule has 0 aliphatic heterocycles. The maximum Gasteiger partial charge on any atom is 0.339 e. The summed E-state index contributed by atoms with van der Waals surface area (Å²) in [4.78, 5) is 21.3. The molecule has 0 aliphatic rings. The van der Waals surface area contributed by atoms with Crippen molar-refractivity contribution in [2.75, 3.05) is 0 Å². The van der Waals surface area contributed by atoms with E-state index in [-0.39, 0.29) is 29.2 Å². The van der Waals surface area contributed by atoms with Crippen molar-refractivity contribution in [1.82, 2.24) is 9.78 Å². The number of rotatable bonds is 4. The summed E-state index contributed by atoms with van der Waals surface area (Å²) in [7, 11) is 0. The number of carboxylic acid groups (broad SMARTS) is 1. The molecule has 8 nitrogen and oxygen atoms in total. The second kappa shape index (κ2) is 4.56. The van der Waals surface area contributed by atoms with Crippen molar-refractivity contribution in [3.63, 3.8) is 0 Å². The second-order valence-corrected chi connectivity index (χ2v) is 4.00. The largest absolute Gasteiger partial charge is 0.478 e. The van der Waals surface area contributed by atoms with Gasteiger partial charge in [-0.1, -0.05) is 0 Å². The molecule has 0 aliphatic carbocycles. The molecule has 2 aromatic heterocycles. The number of aryl methyl sites for hydroxylation is 1. The molecule has 1 N–H and O–H groups in total. The minimum atomic E-state index is -1.11. The Morgan fingerprint density at radius 1 is 1.58 bits per heavy atom.